The Morgan fingerprint density at radius 2 is 1.81 bits per heavy atom. The largest absolute Gasteiger partial charge is 0.497 e. The molecular formula is C24H38N2O4S. The zero-order valence-electron chi connectivity index (χ0n) is 19.6. The van der Waals surface area contributed by atoms with Crippen LogP contribution in [0.1, 0.15) is 53.0 Å². The minimum Gasteiger partial charge on any atom is -0.497 e. The summed E-state index contributed by atoms with van der Waals surface area (Å²) < 4.78 is 32.3. The summed E-state index contributed by atoms with van der Waals surface area (Å²) in [6, 6.07) is 7.66. The van der Waals surface area contributed by atoms with Crippen LogP contribution < -0.4 is 14.8 Å². The highest BCUT2D eigenvalue weighted by Gasteiger charge is 2.33. The summed E-state index contributed by atoms with van der Waals surface area (Å²) in [5.74, 6) is 1.90. The number of nitrogens with one attached hydrogen (secondary N) is 2. The molecule has 0 radical (unpaired) electrons. The number of carbonyl (C=O) groups is 1. The lowest BCUT2D eigenvalue weighted by Gasteiger charge is -2.37. The van der Waals surface area contributed by atoms with E-state index in [-0.39, 0.29) is 17.7 Å². The van der Waals surface area contributed by atoms with Gasteiger partial charge >= 0.3 is 0 Å². The monoisotopic (exact) mass is 450 g/mol. The van der Waals surface area contributed by atoms with E-state index in [1.807, 2.05) is 24.3 Å². The molecule has 0 aliphatic heterocycles. The number of carbonyl (C=O) groups excluding carboxylic acids is 1. The molecule has 0 fully saturated rings. The SMILES string of the molecule is COc1ccc(CNC(=O)CC2CC(C(C)C)C(CNS(=O)(=O)C(C)C)C=C2C)cc1. The van der Waals surface area contributed by atoms with Crippen LogP contribution in [0.4, 0.5) is 0 Å². The third kappa shape index (κ3) is 7.35. The Hall–Kier alpha value is -1.86. The molecule has 0 bridgehead atoms. The van der Waals surface area contributed by atoms with E-state index < -0.39 is 15.3 Å². The van der Waals surface area contributed by atoms with Crippen molar-refractivity contribution in [2.75, 3.05) is 13.7 Å². The fourth-order valence-electron chi connectivity index (χ4n) is 4.13. The fourth-order valence-corrected chi connectivity index (χ4v) is 4.88. The predicted molar refractivity (Wildman–Crippen MR) is 125 cm³/mol. The van der Waals surface area contributed by atoms with Gasteiger partial charge in [-0.25, -0.2) is 13.1 Å². The van der Waals surface area contributed by atoms with Crippen molar-refractivity contribution in [2.45, 2.75) is 59.3 Å². The van der Waals surface area contributed by atoms with E-state index in [4.69, 9.17) is 4.74 Å². The highest BCUT2D eigenvalue weighted by Crippen LogP contribution is 2.38. The minimum absolute atomic E-state index is 0.0371. The second-order valence-corrected chi connectivity index (χ2v) is 11.5. The quantitative estimate of drug-likeness (QED) is 0.530. The first kappa shape index (κ1) is 25.4. The van der Waals surface area contributed by atoms with E-state index in [0.29, 0.717) is 31.3 Å². The highest BCUT2D eigenvalue weighted by molar-refractivity contribution is 7.90. The maximum atomic E-state index is 12.6. The van der Waals surface area contributed by atoms with E-state index in [1.165, 1.54) is 5.57 Å². The van der Waals surface area contributed by atoms with Crippen LogP contribution >= 0.6 is 0 Å². The number of benzene rings is 1. The summed E-state index contributed by atoms with van der Waals surface area (Å²) in [4.78, 5) is 12.6. The van der Waals surface area contributed by atoms with Crippen LogP contribution in [-0.4, -0.2) is 33.2 Å². The summed E-state index contributed by atoms with van der Waals surface area (Å²) in [7, 11) is -1.66. The zero-order valence-corrected chi connectivity index (χ0v) is 20.5. The lowest BCUT2D eigenvalue weighted by atomic mass is 9.70. The number of allylic oxidation sites excluding steroid dienone is 1. The predicted octanol–water partition coefficient (Wildman–Crippen LogP) is 3.88. The van der Waals surface area contributed by atoms with E-state index in [1.54, 1.807) is 21.0 Å². The van der Waals surface area contributed by atoms with Gasteiger partial charge in [0, 0.05) is 19.5 Å². The molecule has 1 aromatic carbocycles. The van der Waals surface area contributed by atoms with Crippen molar-refractivity contribution in [3.8, 4) is 5.75 Å². The summed E-state index contributed by atoms with van der Waals surface area (Å²) in [6.07, 6.45) is 3.52. The summed E-state index contributed by atoms with van der Waals surface area (Å²) in [6.45, 7) is 10.7. The van der Waals surface area contributed by atoms with Gasteiger partial charge in [-0.1, -0.05) is 37.6 Å². The molecule has 174 valence electrons. The van der Waals surface area contributed by atoms with Crippen LogP contribution in [-0.2, 0) is 21.4 Å². The van der Waals surface area contributed by atoms with Gasteiger partial charge in [-0.15, -0.1) is 0 Å². The van der Waals surface area contributed by atoms with Crippen molar-refractivity contribution in [1.29, 1.82) is 0 Å². The maximum Gasteiger partial charge on any atom is 0.220 e. The lowest BCUT2D eigenvalue weighted by Crippen LogP contribution is -2.39. The molecular weight excluding hydrogens is 412 g/mol. The number of hydrogen-bond acceptors (Lipinski definition) is 4. The molecule has 6 nitrogen and oxygen atoms in total. The third-order valence-corrected chi connectivity index (χ3v) is 8.12. The van der Waals surface area contributed by atoms with Gasteiger partial charge in [0.25, 0.3) is 0 Å². The molecule has 1 aromatic rings. The highest BCUT2D eigenvalue weighted by atomic mass is 32.2. The van der Waals surface area contributed by atoms with Crippen LogP contribution in [0.15, 0.2) is 35.9 Å². The van der Waals surface area contributed by atoms with Crippen molar-refractivity contribution >= 4 is 15.9 Å². The topological polar surface area (TPSA) is 84.5 Å². The molecule has 7 heteroatoms. The molecule has 0 heterocycles. The van der Waals surface area contributed by atoms with Crippen molar-refractivity contribution in [2.24, 2.45) is 23.7 Å². The first-order chi connectivity index (χ1) is 14.5. The molecule has 3 unspecified atom stereocenters. The van der Waals surface area contributed by atoms with Crippen molar-refractivity contribution in [3.63, 3.8) is 0 Å². The smallest absolute Gasteiger partial charge is 0.220 e. The minimum atomic E-state index is -3.29. The van der Waals surface area contributed by atoms with Gasteiger partial charge in [-0.05, 0) is 68.6 Å². The summed E-state index contributed by atoms with van der Waals surface area (Å²) >= 11 is 0. The average molecular weight is 451 g/mol. The third-order valence-electron chi connectivity index (χ3n) is 6.31. The second-order valence-electron chi connectivity index (χ2n) is 9.19. The van der Waals surface area contributed by atoms with E-state index in [0.717, 1.165) is 17.7 Å². The maximum absolute atomic E-state index is 12.6. The first-order valence-corrected chi connectivity index (χ1v) is 12.6. The van der Waals surface area contributed by atoms with Crippen molar-refractivity contribution in [3.05, 3.63) is 41.5 Å². The Labute approximate surface area is 187 Å². The molecule has 0 spiro atoms. The molecule has 2 N–H and O–H groups in total. The van der Waals surface area contributed by atoms with Gasteiger partial charge in [0.05, 0.1) is 12.4 Å². The first-order valence-electron chi connectivity index (χ1n) is 11.1. The number of methoxy groups -OCH3 is 1. The standard InChI is InChI=1S/C24H38N2O4S/c1-16(2)23-12-20(18(5)11-21(23)15-26-31(28,29)17(3)4)13-24(27)25-14-19-7-9-22(30-6)10-8-19/h7-11,16-17,20-21,23,26H,12-15H2,1-6H3,(H,25,27). The summed E-state index contributed by atoms with van der Waals surface area (Å²) in [5, 5.41) is 2.57. The molecule has 1 aliphatic carbocycles. The van der Waals surface area contributed by atoms with Crippen LogP contribution in [0.25, 0.3) is 0 Å². The molecule has 1 amide bonds. The Bertz CT molecular complexity index is 860. The molecule has 2 rings (SSSR count). The average Bonchev–Trinajstić information content (AvgIpc) is 2.72. The number of amides is 1. The number of rotatable bonds is 10. The van der Waals surface area contributed by atoms with Gasteiger partial charge in [-0.2, -0.15) is 0 Å². The van der Waals surface area contributed by atoms with E-state index in [2.05, 4.69) is 36.9 Å². The van der Waals surface area contributed by atoms with Gasteiger partial charge in [0.2, 0.25) is 15.9 Å². The Kier molecular flexibility index (Phi) is 9.13. The van der Waals surface area contributed by atoms with E-state index >= 15 is 0 Å². The Morgan fingerprint density at radius 3 is 2.35 bits per heavy atom. The van der Waals surface area contributed by atoms with Crippen LogP contribution in [0.2, 0.25) is 0 Å². The second kappa shape index (κ2) is 11.1. The Morgan fingerprint density at radius 1 is 1.16 bits per heavy atom. The van der Waals surface area contributed by atoms with Crippen molar-refractivity contribution in [1.82, 2.24) is 10.0 Å². The Balaban J connectivity index is 1.97. The number of ether oxygens (including phenoxy) is 1. The normalized spacial score (nSPS) is 21.8. The van der Waals surface area contributed by atoms with Crippen LogP contribution in [0.3, 0.4) is 0 Å². The fraction of sp³-hybridized carbons (Fsp3) is 0.625. The van der Waals surface area contributed by atoms with E-state index in [9.17, 15) is 13.2 Å². The molecule has 0 saturated carbocycles. The summed E-state index contributed by atoms with van der Waals surface area (Å²) in [5.41, 5.74) is 2.20. The van der Waals surface area contributed by atoms with Crippen molar-refractivity contribution < 1.29 is 17.9 Å². The molecule has 0 aromatic heterocycles. The number of hydrogen-bond donors (Lipinski definition) is 2. The van der Waals surface area contributed by atoms with Crippen LogP contribution in [0.5, 0.6) is 5.75 Å². The van der Waals surface area contributed by atoms with Gasteiger partial charge in [0.15, 0.2) is 0 Å². The van der Waals surface area contributed by atoms with Crippen LogP contribution in [0, 0.1) is 23.7 Å². The van der Waals surface area contributed by atoms with Gasteiger partial charge < -0.3 is 10.1 Å². The molecule has 3 atom stereocenters. The zero-order chi connectivity index (χ0) is 23.2. The molecule has 0 saturated heterocycles. The molecule has 1 aliphatic rings. The molecule has 31 heavy (non-hydrogen) atoms. The van der Waals surface area contributed by atoms with Gasteiger partial charge in [0.1, 0.15) is 5.75 Å². The van der Waals surface area contributed by atoms with Gasteiger partial charge in [-0.3, -0.25) is 4.79 Å². The number of sulfonamides is 1. The lowest BCUT2D eigenvalue weighted by molar-refractivity contribution is -0.122.